The number of carbonyl (C=O) groups excluding carboxylic acids is 1. The van der Waals surface area contributed by atoms with E-state index in [0.717, 1.165) is 35.0 Å². The molecule has 0 unspecified atom stereocenters. The molecule has 3 aromatic heterocycles. The van der Waals surface area contributed by atoms with E-state index < -0.39 is 0 Å². The Balaban J connectivity index is 1.54. The summed E-state index contributed by atoms with van der Waals surface area (Å²) in [5.74, 6) is 0.935. The summed E-state index contributed by atoms with van der Waals surface area (Å²) in [5.41, 5.74) is 1.78. The van der Waals surface area contributed by atoms with Crippen LogP contribution in [0.4, 0.5) is 0 Å². The fraction of sp³-hybridized carbons (Fsp3) is 0.227. The average molecular weight is 423 g/mol. The van der Waals surface area contributed by atoms with E-state index in [0.29, 0.717) is 23.0 Å². The lowest BCUT2D eigenvalue weighted by Crippen LogP contribution is -2.24. The Labute approximate surface area is 175 Å². The van der Waals surface area contributed by atoms with E-state index >= 15 is 0 Å². The van der Waals surface area contributed by atoms with Crippen molar-refractivity contribution in [3.05, 3.63) is 80.8 Å². The Bertz CT molecular complexity index is 1240. The van der Waals surface area contributed by atoms with Gasteiger partial charge in [0.15, 0.2) is 10.9 Å². The maximum Gasteiger partial charge on any atom is 0.263 e. The topological polar surface area (TPSA) is 65.1 Å². The highest BCUT2D eigenvalue weighted by atomic mass is 32.2. The van der Waals surface area contributed by atoms with Crippen LogP contribution < -0.4 is 5.56 Å². The quantitative estimate of drug-likeness (QED) is 0.259. The molecule has 0 radical (unpaired) electrons. The lowest BCUT2D eigenvalue weighted by molar-refractivity contribution is 0.102. The molecule has 0 atom stereocenters. The maximum atomic E-state index is 13.4. The highest BCUT2D eigenvalue weighted by Gasteiger charge is 2.24. The summed E-state index contributed by atoms with van der Waals surface area (Å²) in [6.07, 6.45) is 4.64. The van der Waals surface area contributed by atoms with E-state index in [1.54, 1.807) is 40.4 Å². The van der Waals surface area contributed by atoms with Crippen molar-refractivity contribution in [1.82, 2.24) is 9.55 Å². The molecule has 1 aromatic carbocycles. The van der Waals surface area contributed by atoms with Gasteiger partial charge in [0, 0.05) is 10.4 Å². The van der Waals surface area contributed by atoms with Gasteiger partial charge in [-0.15, -0.1) is 11.3 Å². The van der Waals surface area contributed by atoms with Gasteiger partial charge >= 0.3 is 0 Å². The highest BCUT2D eigenvalue weighted by molar-refractivity contribution is 7.99. The highest BCUT2D eigenvalue weighted by Crippen LogP contribution is 2.35. The molecular formula is C22H18N2O3S2. The van der Waals surface area contributed by atoms with Gasteiger partial charge in [-0.1, -0.05) is 42.1 Å². The lowest BCUT2D eigenvalue weighted by Gasteiger charge is -2.11. The van der Waals surface area contributed by atoms with Crippen LogP contribution in [0.1, 0.15) is 33.0 Å². The van der Waals surface area contributed by atoms with Gasteiger partial charge in [0.2, 0.25) is 0 Å². The van der Waals surface area contributed by atoms with Gasteiger partial charge in [0.1, 0.15) is 10.6 Å². The summed E-state index contributed by atoms with van der Waals surface area (Å²) >= 11 is 2.92. The SMILES string of the molecule is O=C(CSc1nc2sc3c(c2c(=O)n1Cc1ccco1)CCC3)c1ccccc1. The minimum absolute atomic E-state index is 0.0168. The van der Waals surface area contributed by atoms with Crippen LogP contribution in [-0.2, 0) is 19.4 Å². The molecule has 0 fully saturated rings. The van der Waals surface area contributed by atoms with Gasteiger partial charge in [-0.3, -0.25) is 14.2 Å². The number of hydrogen-bond acceptors (Lipinski definition) is 6. The first kappa shape index (κ1) is 18.4. The van der Waals surface area contributed by atoms with E-state index in [4.69, 9.17) is 9.40 Å². The molecule has 0 N–H and O–H groups in total. The van der Waals surface area contributed by atoms with Gasteiger partial charge in [-0.2, -0.15) is 0 Å². The predicted molar refractivity (Wildman–Crippen MR) is 115 cm³/mol. The number of ketones is 1. The number of fused-ring (bicyclic) bond motifs is 3. The second-order valence-electron chi connectivity index (χ2n) is 6.98. The van der Waals surface area contributed by atoms with Crippen molar-refractivity contribution in [2.75, 3.05) is 5.75 Å². The second kappa shape index (κ2) is 7.65. The molecule has 146 valence electrons. The molecule has 7 heteroatoms. The Morgan fingerprint density at radius 2 is 2.03 bits per heavy atom. The largest absolute Gasteiger partial charge is 0.467 e. The molecule has 5 rings (SSSR count). The van der Waals surface area contributed by atoms with Crippen molar-refractivity contribution in [2.24, 2.45) is 0 Å². The van der Waals surface area contributed by atoms with Crippen molar-refractivity contribution in [2.45, 2.75) is 31.0 Å². The van der Waals surface area contributed by atoms with Crippen molar-refractivity contribution in [3.63, 3.8) is 0 Å². The number of aryl methyl sites for hydroxylation is 2. The van der Waals surface area contributed by atoms with E-state index in [2.05, 4.69) is 0 Å². The number of thioether (sulfide) groups is 1. The van der Waals surface area contributed by atoms with Gasteiger partial charge < -0.3 is 4.42 Å². The molecule has 0 aliphatic heterocycles. The van der Waals surface area contributed by atoms with Crippen LogP contribution in [0.3, 0.4) is 0 Å². The first-order valence-corrected chi connectivity index (χ1v) is 11.3. The molecule has 5 nitrogen and oxygen atoms in total. The lowest BCUT2D eigenvalue weighted by atomic mass is 10.2. The number of aromatic nitrogens is 2. The Kier molecular flexibility index (Phi) is 4.85. The fourth-order valence-electron chi connectivity index (χ4n) is 3.70. The summed E-state index contributed by atoms with van der Waals surface area (Å²) < 4.78 is 7.12. The summed E-state index contributed by atoms with van der Waals surface area (Å²) in [7, 11) is 0. The molecule has 0 saturated carbocycles. The van der Waals surface area contributed by atoms with Crippen LogP contribution >= 0.6 is 23.1 Å². The summed E-state index contributed by atoms with van der Waals surface area (Å²) in [4.78, 5) is 32.8. The first-order chi connectivity index (χ1) is 14.2. The smallest absolute Gasteiger partial charge is 0.263 e. The predicted octanol–water partition coefficient (Wildman–Crippen LogP) is 4.56. The molecule has 0 saturated heterocycles. The molecule has 1 aliphatic rings. The molecule has 1 aliphatic carbocycles. The van der Waals surface area contributed by atoms with Crippen LogP contribution in [0.2, 0.25) is 0 Å². The zero-order valence-corrected chi connectivity index (χ0v) is 17.2. The van der Waals surface area contributed by atoms with E-state index in [1.807, 2.05) is 24.3 Å². The van der Waals surface area contributed by atoms with Gasteiger partial charge in [-0.25, -0.2) is 4.98 Å². The first-order valence-electron chi connectivity index (χ1n) is 9.49. The number of hydrogen-bond donors (Lipinski definition) is 0. The summed E-state index contributed by atoms with van der Waals surface area (Å²) in [6.45, 7) is 0.307. The number of carbonyl (C=O) groups is 1. The van der Waals surface area contributed by atoms with Crippen LogP contribution in [0, 0.1) is 0 Å². The minimum atomic E-state index is -0.0412. The standard InChI is InChI=1S/C22H18N2O3S2/c25-17(14-6-2-1-3-7-14)13-28-22-23-20-19(16-9-4-10-18(16)29-20)21(26)24(22)12-15-8-5-11-27-15/h1-3,5-8,11H,4,9-10,12-13H2. The van der Waals surface area contributed by atoms with Crippen molar-refractivity contribution in [3.8, 4) is 0 Å². The number of furan rings is 1. The molecular weight excluding hydrogens is 404 g/mol. The van der Waals surface area contributed by atoms with Crippen molar-refractivity contribution < 1.29 is 9.21 Å². The maximum absolute atomic E-state index is 13.4. The van der Waals surface area contributed by atoms with E-state index in [9.17, 15) is 9.59 Å². The van der Waals surface area contributed by atoms with Gasteiger partial charge in [-0.05, 0) is 37.0 Å². The van der Waals surface area contributed by atoms with Crippen LogP contribution in [0.25, 0.3) is 10.2 Å². The normalized spacial score (nSPS) is 13.1. The number of benzene rings is 1. The molecule has 29 heavy (non-hydrogen) atoms. The zero-order chi connectivity index (χ0) is 19.8. The van der Waals surface area contributed by atoms with Crippen molar-refractivity contribution in [1.29, 1.82) is 0 Å². The molecule has 0 bridgehead atoms. The summed E-state index contributed by atoms with van der Waals surface area (Å²) in [6, 6.07) is 12.8. The van der Waals surface area contributed by atoms with Crippen LogP contribution in [0.15, 0.2) is 63.1 Å². The fourth-order valence-corrected chi connectivity index (χ4v) is 5.90. The third-order valence-electron chi connectivity index (χ3n) is 5.11. The minimum Gasteiger partial charge on any atom is -0.467 e. The third-order valence-corrected chi connectivity index (χ3v) is 7.27. The Morgan fingerprint density at radius 3 is 2.83 bits per heavy atom. The van der Waals surface area contributed by atoms with Crippen LogP contribution in [0.5, 0.6) is 0 Å². The van der Waals surface area contributed by atoms with Crippen LogP contribution in [-0.4, -0.2) is 21.1 Å². The zero-order valence-electron chi connectivity index (χ0n) is 15.6. The monoisotopic (exact) mass is 422 g/mol. The van der Waals surface area contributed by atoms with Crippen molar-refractivity contribution >= 4 is 39.1 Å². The van der Waals surface area contributed by atoms with Gasteiger partial charge in [0.25, 0.3) is 5.56 Å². The third kappa shape index (κ3) is 3.45. The Morgan fingerprint density at radius 1 is 1.17 bits per heavy atom. The molecule has 4 aromatic rings. The number of Topliss-reactive ketones (excluding diaryl/α,β-unsaturated/α-hetero) is 1. The summed E-state index contributed by atoms with van der Waals surface area (Å²) in [5, 5.41) is 1.30. The Hall–Kier alpha value is -2.64. The molecule has 3 heterocycles. The van der Waals surface area contributed by atoms with Gasteiger partial charge in [0.05, 0.1) is 23.9 Å². The van der Waals surface area contributed by atoms with E-state index in [-0.39, 0.29) is 17.1 Å². The number of rotatable bonds is 6. The van der Waals surface area contributed by atoms with E-state index in [1.165, 1.54) is 16.6 Å². The second-order valence-corrected chi connectivity index (χ2v) is 9.01. The number of thiophene rings is 1. The molecule has 0 spiro atoms. The average Bonchev–Trinajstić information content (AvgIpc) is 3.46. The molecule has 0 amide bonds. The number of nitrogens with zero attached hydrogens (tertiary/aromatic N) is 2.